The fraction of sp³-hybridized carbons (Fsp3) is 0.0244. The molecule has 1 unspecified atom stereocenters. The van der Waals surface area contributed by atoms with Crippen LogP contribution in [0.4, 0.5) is 5.69 Å². The Morgan fingerprint density at radius 3 is 1.87 bits per heavy atom. The molecule has 0 amide bonds. The third-order valence-corrected chi connectivity index (χ3v) is 8.62. The van der Waals surface area contributed by atoms with Gasteiger partial charge in [-0.3, -0.25) is 9.97 Å². The van der Waals surface area contributed by atoms with Gasteiger partial charge in [-0.25, -0.2) is 9.97 Å². The summed E-state index contributed by atoms with van der Waals surface area (Å²) in [6.45, 7) is 0. The van der Waals surface area contributed by atoms with E-state index in [1.54, 1.807) is 12.4 Å². The van der Waals surface area contributed by atoms with Crippen molar-refractivity contribution < 1.29 is 4.74 Å². The van der Waals surface area contributed by atoms with E-state index in [1.165, 1.54) is 0 Å². The van der Waals surface area contributed by atoms with Gasteiger partial charge in [0, 0.05) is 39.7 Å². The Kier molecular flexibility index (Phi) is 6.42. The topological polar surface area (TPSA) is 72.8 Å². The third-order valence-electron chi connectivity index (χ3n) is 8.62. The number of hydrogen-bond acceptors (Lipinski definition) is 6. The van der Waals surface area contributed by atoms with E-state index < -0.39 is 0 Å². The average molecular weight is 606 g/mol. The quantitative estimate of drug-likeness (QED) is 0.197. The second-order valence-corrected chi connectivity index (χ2v) is 11.5. The number of ether oxygens (including phenoxy) is 1. The van der Waals surface area contributed by atoms with Crippen LogP contribution in [0.15, 0.2) is 152 Å². The molecule has 1 aliphatic rings. The van der Waals surface area contributed by atoms with Crippen LogP contribution in [0.2, 0.25) is 0 Å². The lowest BCUT2D eigenvalue weighted by Crippen LogP contribution is -2.09. The molecule has 0 bridgehead atoms. The van der Waals surface area contributed by atoms with E-state index in [9.17, 15) is 0 Å². The number of aromatic nitrogens is 4. The summed E-state index contributed by atoms with van der Waals surface area (Å²) in [5.74, 6) is 0.842. The summed E-state index contributed by atoms with van der Waals surface area (Å²) in [5.41, 5.74) is 10.3. The van der Waals surface area contributed by atoms with Crippen molar-refractivity contribution in [1.82, 2.24) is 19.9 Å². The fourth-order valence-electron chi connectivity index (χ4n) is 6.36. The molecular weight excluding hydrogens is 578 g/mol. The smallest absolute Gasteiger partial charge is 0.196 e. The lowest BCUT2D eigenvalue weighted by molar-refractivity contribution is 0.260. The molecule has 1 aliphatic heterocycles. The first kappa shape index (κ1) is 27.0. The number of nitrogens with one attached hydrogen (secondary N) is 1. The highest BCUT2D eigenvalue weighted by Gasteiger charge is 2.27. The van der Waals surface area contributed by atoms with E-state index in [0.29, 0.717) is 0 Å². The van der Waals surface area contributed by atoms with Crippen molar-refractivity contribution in [3.8, 4) is 50.9 Å². The highest BCUT2D eigenvalue weighted by Crippen LogP contribution is 2.47. The van der Waals surface area contributed by atoms with Crippen molar-refractivity contribution in [2.75, 3.05) is 5.32 Å². The Morgan fingerprint density at radius 1 is 0.511 bits per heavy atom. The van der Waals surface area contributed by atoms with Crippen molar-refractivity contribution in [3.05, 3.63) is 157 Å². The standard InChI is InChI=1S/C41H27N5O/c1-2-10-28(11-3-1)41-46-40-37(47-41)21-20-31-38(40)30-12-4-5-13-32(30)45-39(31)27-18-16-26(17-19-27)29-24-35(33-14-6-8-22-42-33)44-36(25-29)34-15-7-9-23-43-34/h1-25,41,46H. The highest BCUT2D eigenvalue weighted by molar-refractivity contribution is 6.17. The summed E-state index contributed by atoms with van der Waals surface area (Å²) in [7, 11) is 0. The zero-order chi connectivity index (χ0) is 31.2. The van der Waals surface area contributed by atoms with E-state index in [-0.39, 0.29) is 6.23 Å². The number of benzene rings is 4. The Hall–Kier alpha value is -6.40. The number of pyridine rings is 4. The number of nitrogens with zero attached hydrogens (tertiary/aromatic N) is 4. The zero-order valence-corrected chi connectivity index (χ0v) is 25.2. The van der Waals surface area contributed by atoms with Gasteiger partial charge in [0.15, 0.2) is 6.23 Å². The maximum Gasteiger partial charge on any atom is 0.196 e. The predicted molar refractivity (Wildman–Crippen MR) is 188 cm³/mol. The van der Waals surface area contributed by atoms with E-state index >= 15 is 0 Å². The molecule has 0 spiro atoms. The Bertz CT molecular complexity index is 2340. The molecule has 0 saturated carbocycles. The van der Waals surface area contributed by atoms with Gasteiger partial charge in [0.25, 0.3) is 0 Å². The molecule has 6 heteroatoms. The lowest BCUT2D eigenvalue weighted by atomic mass is 9.96. The van der Waals surface area contributed by atoms with Gasteiger partial charge < -0.3 is 10.1 Å². The summed E-state index contributed by atoms with van der Waals surface area (Å²) >= 11 is 0. The molecule has 0 radical (unpaired) electrons. The van der Waals surface area contributed by atoms with Crippen LogP contribution in [0.5, 0.6) is 5.75 Å². The van der Waals surface area contributed by atoms with Crippen LogP contribution < -0.4 is 10.1 Å². The summed E-state index contributed by atoms with van der Waals surface area (Å²) in [6, 6.07) is 47.3. The summed E-state index contributed by atoms with van der Waals surface area (Å²) in [4.78, 5) is 19.3. The van der Waals surface area contributed by atoms with Crippen LogP contribution in [-0.4, -0.2) is 19.9 Å². The molecule has 6 nitrogen and oxygen atoms in total. The van der Waals surface area contributed by atoms with E-state index in [1.807, 2.05) is 60.7 Å². The lowest BCUT2D eigenvalue weighted by Gasteiger charge is -2.14. The first-order chi connectivity index (χ1) is 23.3. The third kappa shape index (κ3) is 4.84. The van der Waals surface area contributed by atoms with Crippen molar-refractivity contribution >= 4 is 27.4 Å². The second-order valence-electron chi connectivity index (χ2n) is 11.5. The highest BCUT2D eigenvalue weighted by atomic mass is 16.5. The molecule has 47 heavy (non-hydrogen) atoms. The number of rotatable bonds is 5. The van der Waals surface area contributed by atoms with Crippen LogP contribution in [0.1, 0.15) is 11.8 Å². The summed E-state index contributed by atoms with van der Waals surface area (Å²) in [5, 5.41) is 6.93. The van der Waals surface area contributed by atoms with Crippen molar-refractivity contribution in [1.29, 1.82) is 0 Å². The largest absolute Gasteiger partial charge is 0.464 e. The Morgan fingerprint density at radius 2 is 1.17 bits per heavy atom. The minimum Gasteiger partial charge on any atom is -0.464 e. The molecule has 9 rings (SSSR count). The van der Waals surface area contributed by atoms with Crippen LogP contribution in [0, 0.1) is 0 Å². The molecule has 1 atom stereocenters. The van der Waals surface area contributed by atoms with Gasteiger partial charge in [-0.05, 0) is 65.7 Å². The molecular formula is C41H27N5O. The number of hydrogen-bond donors (Lipinski definition) is 1. The van der Waals surface area contributed by atoms with Gasteiger partial charge in [-0.2, -0.15) is 0 Å². The molecule has 222 valence electrons. The molecule has 8 aromatic rings. The van der Waals surface area contributed by atoms with E-state index in [2.05, 4.69) is 94.1 Å². The first-order valence-electron chi connectivity index (χ1n) is 15.6. The monoisotopic (exact) mass is 605 g/mol. The SMILES string of the molecule is c1ccc(C2Nc3c(ccc4c(-c5ccc(-c6cc(-c7ccccn7)nc(-c7ccccn7)c6)cc5)nc5ccccc5c34)O2)cc1. The van der Waals surface area contributed by atoms with Gasteiger partial charge in [0.1, 0.15) is 5.75 Å². The Labute approximate surface area is 271 Å². The summed E-state index contributed by atoms with van der Waals surface area (Å²) in [6.07, 6.45) is 3.33. The fourth-order valence-corrected chi connectivity index (χ4v) is 6.36. The van der Waals surface area contributed by atoms with Gasteiger partial charge >= 0.3 is 0 Å². The van der Waals surface area contributed by atoms with Crippen LogP contribution >= 0.6 is 0 Å². The van der Waals surface area contributed by atoms with Gasteiger partial charge in [-0.15, -0.1) is 0 Å². The first-order valence-corrected chi connectivity index (χ1v) is 15.6. The number of para-hydroxylation sites is 1. The molecule has 4 aromatic heterocycles. The molecule has 5 heterocycles. The van der Waals surface area contributed by atoms with E-state index in [0.717, 1.165) is 83.8 Å². The average Bonchev–Trinajstić information content (AvgIpc) is 3.60. The van der Waals surface area contributed by atoms with Crippen molar-refractivity contribution in [2.24, 2.45) is 0 Å². The number of fused-ring (bicyclic) bond motifs is 5. The van der Waals surface area contributed by atoms with Crippen molar-refractivity contribution in [2.45, 2.75) is 6.23 Å². The van der Waals surface area contributed by atoms with Gasteiger partial charge in [0.05, 0.1) is 39.7 Å². The second kappa shape index (κ2) is 11.2. The van der Waals surface area contributed by atoms with Gasteiger partial charge in [0.2, 0.25) is 0 Å². The molecule has 4 aromatic carbocycles. The molecule has 1 N–H and O–H groups in total. The van der Waals surface area contributed by atoms with Gasteiger partial charge in [-0.1, -0.05) is 84.9 Å². The minimum absolute atomic E-state index is 0.251. The van der Waals surface area contributed by atoms with Crippen LogP contribution in [-0.2, 0) is 0 Å². The predicted octanol–water partition coefficient (Wildman–Crippen LogP) is 9.74. The molecule has 0 fully saturated rings. The Balaban J connectivity index is 1.15. The number of anilines is 1. The zero-order valence-electron chi connectivity index (χ0n) is 25.2. The minimum atomic E-state index is -0.251. The van der Waals surface area contributed by atoms with E-state index in [4.69, 9.17) is 14.7 Å². The normalized spacial score (nSPS) is 13.7. The van der Waals surface area contributed by atoms with Crippen LogP contribution in [0.25, 0.3) is 66.8 Å². The van der Waals surface area contributed by atoms with Crippen molar-refractivity contribution in [3.63, 3.8) is 0 Å². The maximum absolute atomic E-state index is 6.40. The van der Waals surface area contributed by atoms with Crippen LogP contribution in [0.3, 0.4) is 0 Å². The summed E-state index contributed by atoms with van der Waals surface area (Å²) < 4.78 is 6.40. The molecule has 0 aliphatic carbocycles. The maximum atomic E-state index is 6.40. The molecule has 0 saturated heterocycles.